The lowest BCUT2D eigenvalue weighted by Gasteiger charge is -2.12. The van der Waals surface area contributed by atoms with E-state index in [9.17, 15) is 0 Å². The van der Waals surface area contributed by atoms with Crippen molar-refractivity contribution >= 4 is 21.7 Å². The SMILES string of the molecule is Cc1ccc2c(c1)c(-c1ccccc1)cc1cnc(-c3ccccc3)nc12. The smallest absolute Gasteiger partial charge is 0.159 e. The van der Waals surface area contributed by atoms with Crippen LogP contribution in [0.5, 0.6) is 0 Å². The third kappa shape index (κ3) is 2.76. The van der Waals surface area contributed by atoms with Gasteiger partial charge in [0.2, 0.25) is 0 Å². The Morgan fingerprint density at radius 2 is 1.37 bits per heavy atom. The fourth-order valence-electron chi connectivity index (χ4n) is 3.62. The first-order valence-corrected chi connectivity index (χ1v) is 9.10. The lowest BCUT2D eigenvalue weighted by molar-refractivity contribution is 1.23. The van der Waals surface area contributed by atoms with Crippen LogP contribution in [0.15, 0.2) is 91.1 Å². The predicted octanol–water partition coefficient (Wildman–Crippen LogP) is 6.43. The van der Waals surface area contributed by atoms with E-state index in [-0.39, 0.29) is 0 Å². The van der Waals surface area contributed by atoms with Crippen molar-refractivity contribution in [3.8, 4) is 22.5 Å². The highest BCUT2D eigenvalue weighted by Crippen LogP contribution is 2.35. The van der Waals surface area contributed by atoms with Gasteiger partial charge in [0.05, 0.1) is 5.52 Å². The first-order chi connectivity index (χ1) is 13.3. The number of fused-ring (bicyclic) bond motifs is 3. The van der Waals surface area contributed by atoms with E-state index in [1.54, 1.807) is 0 Å². The van der Waals surface area contributed by atoms with Crippen LogP contribution >= 0.6 is 0 Å². The van der Waals surface area contributed by atoms with Gasteiger partial charge in [-0.2, -0.15) is 0 Å². The number of rotatable bonds is 2. The molecule has 0 N–H and O–H groups in total. The lowest BCUT2D eigenvalue weighted by Crippen LogP contribution is -1.93. The van der Waals surface area contributed by atoms with Gasteiger partial charge in [-0.1, -0.05) is 84.4 Å². The van der Waals surface area contributed by atoms with Crippen LogP contribution in [0, 0.1) is 6.92 Å². The summed E-state index contributed by atoms with van der Waals surface area (Å²) in [6.07, 6.45) is 1.94. The van der Waals surface area contributed by atoms with Gasteiger partial charge in [-0.25, -0.2) is 9.97 Å². The number of aromatic nitrogens is 2. The molecule has 27 heavy (non-hydrogen) atoms. The molecule has 0 unspecified atom stereocenters. The van der Waals surface area contributed by atoms with Gasteiger partial charge in [-0.15, -0.1) is 0 Å². The van der Waals surface area contributed by atoms with Crippen molar-refractivity contribution in [3.63, 3.8) is 0 Å². The van der Waals surface area contributed by atoms with Gasteiger partial charge in [0.25, 0.3) is 0 Å². The zero-order chi connectivity index (χ0) is 18.2. The van der Waals surface area contributed by atoms with Gasteiger partial charge >= 0.3 is 0 Å². The van der Waals surface area contributed by atoms with Crippen LogP contribution in [0.4, 0.5) is 0 Å². The maximum absolute atomic E-state index is 4.93. The minimum atomic E-state index is 0.762. The minimum Gasteiger partial charge on any atom is -0.236 e. The number of aryl methyl sites for hydroxylation is 1. The Hall–Kier alpha value is -3.52. The zero-order valence-corrected chi connectivity index (χ0v) is 15.1. The molecule has 0 saturated heterocycles. The molecule has 0 aliphatic heterocycles. The molecular weight excluding hydrogens is 328 g/mol. The molecular formula is C25H18N2. The number of nitrogens with zero attached hydrogens (tertiary/aromatic N) is 2. The Morgan fingerprint density at radius 1 is 0.667 bits per heavy atom. The van der Waals surface area contributed by atoms with Crippen LogP contribution in [0.1, 0.15) is 5.56 Å². The Bertz CT molecular complexity index is 1260. The predicted molar refractivity (Wildman–Crippen MR) is 113 cm³/mol. The highest BCUT2D eigenvalue weighted by molar-refractivity contribution is 6.12. The fourth-order valence-corrected chi connectivity index (χ4v) is 3.62. The van der Waals surface area contributed by atoms with Gasteiger partial charge in [0, 0.05) is 22.5 Å². The van der Waals surface area contributed by atoms with Crippen LogP contribution in [-0.4, -0.2) is 9.97 Å². The standard InChI is InChI=1S/C25H18N2/c1-17-12-13-21-23(14-17)22(18-8-4-2-5-9-18)15-20-16-26-25(27-24(20)21)19-10-6-3-7-11-19/h2-16H,1H3. The van der Waals surface area contributed by atoms with E-state index in [4.69, 9.17) is 4.98 Å². The van der Waals surface area contributed by atoms with E-state index >= 15 is 0 Å². The van der Waals surface area contributed by atoms with Gasteiger partial charge in [0.1, 0.15) is 0 Å². The van der Waals surface area contributed by atoms with Crippen LogP contribution in [0.25, 0.3) is 44.2 Å². The summed E-state index contributed by atoms with van der Waals surface area (Å²) in [6.45, 7) is 2.13. The third-order valence-electron chi connectivity index (χ3n) is 4.95. The summed E-state index contributed by atoms with van der Waals surface area (Å²) in [5.74, 6) is 0.762. The van der Waals surface area contributed by atoms with Gasteiger partial charge in [-0.3, -0.25) is 0 Å². The van der Waals surface area contributed by atoms with Crippen LogP contribution < -0.4 is 0 Å². The molecule has 0 bridgehead atoms. The Kier molecular flexibility index (Phi) is 3.68. The Morgan fingerprint density at radius 3 is 2.11 bits per heavy atom. The van der Waals surface area contributed by atoms with Gasteiger partial charge < -0.3 is 0 Å². The van der Waals surface area contributed by atoms with Crippen molar-refractivity contribution in [2.24, 2.45) is 0 Å². The van der Waals surface area contributed by atoms with Crippen molar-refractivity contribution in [2.75, 3.05) is 0 Å². The second-order valence-corrected chi connectivity index (χ2v) is 6.84. The average molecular weight is 346 g/mol. The average Bonchev–Trinajstić information content (AvgIpc) is 2.74. The first-order valence-electron chi connectivity index (χ1n) is 9.10. The maximum Gasteiger partial charge on any atom is 0.159 e. The molecule has 0 saturated carbocycles. The summed E-state index contributed by atoms with van der Waals surface area (Å²) in [5.41, 5.74) is 5.71. The highest BCUT2D eigenvalue weighted by atomic mass is 14.9. The topological polar surface area (TPSA) is 25.8 Å². The van der Waals surface area contributed by atoms with E-state index in [1.165, 1.54) is 22.1 Å². The van der Waals surface area contributed by atoms with E-state index in [0.29, 0.717) is 0 Å². The van der Waals surface area contributed by atoms with E-state index < -0.39 is 0 Å². The third-order valence-corrected chi connectivity index (χ3v) is 4.95. The monoisotopic (exact) mass is 346 g/mol. The molecule has 4 aromatic carbocycles. The normalized spacial score (nSPS) is 11.1. The molecule has 0 spiro atoms. The van der Waals surface area contributed by atoms with Gasteiger partial charge in [0.15, 0.2) is 5.82 Å². The second-order valence-electron chi connectivity index (χ2n) is 6.84. The molecule has 0 amide bonds. The summed E-state index contributed by atoms with van der Waals surface area (Å²) in [4.78, 5) is 9.55. The summed E-state index contributed by atoms with van der Waals surface area (Å²) < 4.78 is 0. The van der Waals surface area contributed by atoms with E-state index in [2.05, 4.69) is 60.4 Å². The molecule has 128 valence electrons. The van der Waals surface area contributed by atoms with Crippen LogP contribution in [-0.2, 0) is 0 Å². The molecule has 5 aromatic rings. The largest absolute Gasteiger partial charge is 0.236 e. The maximum atomic E-state index is 4.93. The Labute approximate surface area is 158 Å². The molecule has 5 rings (SSSR count). The molecule has 0 radical (unpaired) electrons. The quantitative estimate of drug-likeness (QED) is 0.344. The molecule has 0 aliphatic rings. The van der Waals surface area contributed by atoms with Crippen LogP contribution in [0.2, 0.25) is 0 Å². The van der Waals surface area contributed by atoms with E-state index in [0.717, 1.165) is 27.7 Å². The van der Waals surface area contributed by atoms with E-state index in [1.807, 2.05) is 42.6 Å². The zero-order valence-electron chi connectivity index (χ0n) is 15.1. The Balaban J connectivity index is 1.85. The van der Waals surface area contributed by atoms with Crippen LogP contribution in [0.3, 0.4) is 0 Å². The molecule has 1 heterocycles. The summed E-state index contributed by atoms with van der Waals surface area (Å²) in [6, 6.07) is 29.5. The van der Waals surface area contributed by atoms with Crippen molar-refractivity contribution in [2.45, 2.75) is 6.92 Å². The molecule has 1 aromatic heterocycles. The minimum absolute atomic E-state index is 0.762. The van der Waals surface area contributed by atoms with Crippen molar-refractivity contribution in [3.05, 3.63) is 96.7 Å². The molecule has 0 aliphatic carbocycles. The molecule has 2 heteroatoms. The van der Waals surface area contributed by atoms with Crippen molar-refractivity contribution in [1.29, 1.82) is 0 Å². The second kappa shape index (κ2) is 6.33. The number of hydrogen-bond acceptors (Lipinski definition) is 2. The van der Waals surface area contributed by atoms with Crippen molar-refractivity contribution in [1.82, 2.24) is 9.97 Å². The highest BCUT2D eigenvalue weighted by Gasteiger charge is 2.11. The number of benzene rings is 4. The van der Waals surface area contributed by atoms with Crippen molar-refractivity contribution < 1.29 is 0 Å². The fraction of sp³-hybridized carbons (Fsp3) is 0.0400. The summed E-state index contributed by atoms with van der Waals surface area (Å²) >= 11 is 0. The molecule has 2 nitrogen and oxygen atoms in total. The first kappa shape index (κ1) is 15.7. The number of hydrogen-bond donors (Lipinski definition) is 0. The summed E-state index contributed by atoms with van der Waals surface area (Å²) in [7, 11) is 0. The molecule has 0 atom stereocenters. The van der Waals surface area contributed by atoms with Gasteiger partial charge in [-0.05, 0) is 29.5 Å². The summed E-state index contributed by atoms with van der Waals surface area (Å²) in [5, 5.41) is 3.45. The lowest BCUT2D eigenvalue weighted by atomic mass is 9.94. The molecule has 0 fully saturated rings.